The summed E-state index contributed by atoms with van der Waals surface area (Å²) < 4.78 is 22.6. The molecule has 21 heavy (non-hydrogen) atoms. The van der Waals surface area contributed by atoms with E-state index in [9.17, 15) is 23.3 Å². The maximum atomic E-state index is 12.1. The van der Waals surface area contributed by atoms with Gasteiger partial charge >= 0.3 is 0 Å². The SMILES string of the molecule is Nc1cc(C(=O)NC2CCS(=O)(=O)CC2)c([N+](=O)[O-])cn1. The molecule has 1 aliphatic heterocycles. The molecule has 114 valence electrons. The van der Waals surface area contributed by atoms with Crippen molar-refractivity contribution in [3.63, 3.8) is 0 Å². The minimum atomic E-state index is -3.03. The predicted molar refractivity (Wildman–Crippen MR) is 74.4 cm³/mol. The number of carbonyl (C=O) groups is 1. The molecule has 3 N–H and O–H groups in total. The summed E-state index contributed by atoms with van der Waals surface area (Å²) in [6.07, 6.45) is 1.51. The van der Waals surface area contributed by atoms with Crippen LogP contribution in [0.25, 0.3) is 0 Å². The highest BCUT2D eigenvalue weighted by Gasteiger charge is 2.27. The van der Waals surface area contributed by atoms with Gasteiger partial charge in [-0.3, -0.25) is 14.9 Å². The monoisotopic (exact) mass is 314 g/mol. The molecular formula is C11H14N4O5S. The summed E-state index contributed by atoms with van der Waals surface area (Å²) in [5.74, 6) is -0.658. The summed E-state index contributed by atoms with van der Waals surface area (Å²) in [4.78, 5) is 25.9. The highest BCUT2D eigenvalue weighted by atomic mass is 32.2. The lowest BCUT2D eigenvalue weighted by Crippen LogP contribution is -2.41. The number of aromatic nitrogens is 1. The van der Waals surface area contributed by atoms with Crippen molar-refractivity contribution in [2.45, 2.75) is 18.9 Å². The first-order valence-electron chi connectivity index (χ1n) is 6.20. The van der Waals surface area contributed by atoms with Crippen molar-refractivity contribution >= 4 is 27.2 Å². The quantitative estimate of drug-likeness (QED) is 0.584. The molecule has 9 nitrogen and oxygen atoms in total. The number of nitrogen functional groups attached to an aromatic ring is 1. The fourth-order valence-electron chi connectivity index (χ4n) is 2.09. The van der Waals surface area contributed by atoms with Gasteiger partial charge in [0.1, 0.15) is 27.4 Å². The first-order chi connectivity index (χ1) is 9.78. The highest BCUT2D eigenvalue weighted by molar-refractivity contribution is 7.91. The van der Waals surface area contributed by atoms with E-state index < -0.39 is 26.4 Å². The van der Waals surface area contributed by atoms with Gasteiger partial charge in [0, 0.05) is 6.04 Å². The Bertz CT molecular complexity index is 674. The van der Waals surface area contributed by atoms with Crippen molar-refractivity contribution in [1.29, 1.82) is 0 Å². The minimum absolute atomic E-state index is 0.00146. The first kappa shape index (κ1) is 15.2. The van der Waals surface area contributed by atoms with Crippen molar-refractivity contribution in [3.05, 3.63) is 27.9 Å². The Labute approximate surface area is 120 Å². The van der Waals surface area contributed by atoms with Crippen LogP contribution in [-0.2, 0) is 9.84 Å². The van der Waals surface area contributed by atoms with Crippen molar-refractivity contribution in [2.24, 2.45) is 0 Å². The zero-order valence-electron chi connectivity index (χ0n) is 11.0. The molecule has 1 fully saturated rings. The predicted octanol–water partition coefficient (Wildman–Crippen LogP) is -0.121. The van der Waals surface area contributed by atoms with Crippen LogP contribution in [0.1, 0.15) is 23.2 Å². The van der Waals surface area contributed by atoms with Crippen molar-refractivity contribution in [2.75, 3.05) is 17.2 Å². The van der Waals surface area contributed by atoms with Gasteiger partial charge in [-0.15, -0.1) is 0 Å². The van der Waals surface area contributed by atoms with Crippen molar-refractivity contribution in [3.8, 4) is 0 Å². The van der Waals surface area contributed by atoms with E-state index in [2.05, 4.69) is 10.3 Å². The van der Waals surface area contributed by atoms with Gasteiger partial charge in [-0.05, 0) is 18.9 Å². The van der Waals surface area contributed by atoms with Crippen LogP contribution in [0.3, 0.4) is 0 Å². The molecule has 2 rings (SSSR count). The number of nitrogens with one attached hydrogen (secondary N) is 1. The molecule has 10 heteroatoms. The topological polar surface area (TPSA) is 145 Å². The molecule has 0 saturated carbocycles. The van der Waals surface area contributed by atoms with E-state index in [4.69, 9.17) is 5.73 Å². The van der Waals surface area contributed by atoms with E-state index in [1.165, 1.54) is 0 Å². The fourth-order valence-corrected chi connectivity index (χ4v) is 3.58. The second-order valence-corrected chi connectivity index (χ2v) is 7.09. The van der Waals surface area contributed by atoms with Crippen molar-refractivity contribution in [1.82, 2.24) is 10.3 Å². The van der Waals surface area contributed by atoms with E-state index >= 15 is 0 Å². The summed E-state index contributed by atoms with van der Waals surface area (Å²) in [5.41, 5.74) is 4.82. The summed E-state index contributed by atoms with van der Waals surface area (Å²) >= 11 is 0. The molecule has 0 radical (unpaired) electrons. The fraction of sp³-hybridized carbons (Fsp3) is 0.455. The molecule has 2 heterocycles. The third kappa shape index (κ3) is 3.66. The van der Waals surface area contributed by atoms with Gasteiger partial charge in [0.2, 0.25) is 0 Å². The maximum absolute atomic E-state index is 12.1. The number of nitro groups is 1. The number of carbonyl (C=O) groups excluding carboxylic acids is 1. The molecule has 0 bridgehead atoms. The van der Waals surface area contributed by atoms with Gasteiger partial charge in [-0.25, -0.2) is 13.4 Å². The number of amides is 1. The molecule has 0 aromatic carbocycles. The van der Waals surface area contributed by atoms with E-state index in [0.29, 0.717) is 12.8 Å². The van der Waals surface area contributed by atoms with Gasteiger partial charge in [0.25, 0.3) is 11.6 Å². The Morgan fingerprint density at radius 3 is 2.62 bits per heavy atom. The standard InChI is InChI=1S/C11H14N4O5S/c12-10-5-8(9(6-13-10)15(17)18)11(16)14-7-1-3-21(19,20)4-2-7/h5-7H,1-4H2,(H2,12,13)(H,14,16). The highest BCUT2D eigenvalue weighted by Crippen LogP contribution is 2.20. The lowest BCUT2D eigenvalue weighted by atomic mass is 10.1. The number of pyridine rings is 1. The van der Waals surface area contributed by atoms with Crippen LogP contribution in [0.15, 0.2) is 12.3 Å². The second-order valence-electron chi connectivity index (χ2n) is 4.78. The van der Waals surface area contributed by atoms with Gasteiger partial charge in [0.15, 0.2) is 0 Å². The van der Waals surface area contributed by atoms with Crippen LogP contribution >= 0.6 is 0 Å². The molecule has 1 aliphatic rings. The van der Waals surface area contributed by atoms with Crippen LogP contribution in [0.4, 0.5) is 11.5 Å². The zero-order valence-corrected chi connectivity index (χ0v) is 11.8. The Morgan fingerprint density at radius 2 is 2.05 bits per heavy atom. The normalized spacial score (nSPS) is 18.1. The van der Waals surface area contributed by atoms with E-state index in [1.54, 1.807) is 0 Å². The average Bonchev–Trinajstić information content (AvgIpc) is 2.40. The number of nitrogens with two attached hydrogens (primary N) is 1. The molecular weight excluding hydrogens is 300 g/mol. The van der Waals surface area contributed by atoms with Crippen LogP contribution in [0.2, 0.25) is 0 Å². The summed E-state index contributed by atoms with van der Waals surface area (Å²) in [7, 11) is -3.03. The Hall–Kier alpha value is -2.23. The molecule has 0 spiro atoms. The Morgan fingerprint density at radius 1 is 1.43 bits per heavy atom. The number of sulfone groups is 1. The van der Waals surface area contributed by atoms with Gasteiger partial charge in [-0.2, -0.15) is 0 Å². The number of rotatable bonds is 3. The van der Waals surface area contributed by atoms with Gasteiger partial charge in [-0.1, -0.05) is 0 Å². The van der Waals surface area contributed by atoms with Gasteiger partial charge in [0.05, 0.1) is 16.4 Å². The van der Waals surface area contributed by atoms with Gasteiger partial charge < -0.3 is 11.1 Å². The third-order valence-electron chi connectivity index (χ3n) is 3.24. The molecule has 1 aromatic rings. The first-order valence-corrected chi connectivity index (χ1v) is 8.02. The van der Waals surface area contributed by atoms with Crippen LogP contribution in [-0.4, -0.2) is 41.8 Å². The lowest BCUT2D eigenvalue weighted by Gasteiger charge is -2.22. The smallest absolute Gasteiger partial charge is 0.300 e. The molecule has 1 saturated heterocycles. The number of anilines is 1. The largest absolute Gasteiger partial charge is 0.384 e. The zero-order chi connectivity index (χ0) is 15.6. The molecule has 1 amide bonds. The number of hydrogen-bond donors (Lipinski definition) is 2. The number of hydrogen-bond acceptors (Lipinski definition) is 7. The van der Waals surface area contributed by atoms with E-state index in [0.717, 1.165) is 12.3 Å². The summed E-state index contributed by atoms with van der Waals surface area (Å²) in [6.45, 7) is 0. The minimum Gasteiger partial charge on any atom is -0.384 e. The maximum Gasteiger partial charge on any atom is 0.300 e. The molecule has 0 atom stereocenters. The lowest BCUT2D eigenvalue weighted by molar-refractivity contribution is -0.385. The second kappa shape index (κ2) is 5.64. The van der Waals surface area contributed by atoms with E-state index in [-0.39, 0.29) is 28.9 Å². The Kier molecular flexibility index (Phi) is 4.07. The van der Waals surface area contributed by atoms with E-state index in [1.807, 2.05) is 0 Å². The van der Waals surface area contributed by atoms with Crippen LogP contribution in [0, 0.1) is 10.1 Å². The average molecular weight is 314 g/mol. The Balaban J connectivity index is 2.14. The molecule has 0 unspecified atom stereocenters. The summed E-state index contributed by atoms with van der Waals surface area (Å²) in [5, 5.41) is 13.5. The van der Waals surface area contributed by atoms with Crippen LogP contribution in [0.5, 0.6) is 0 Å². The summed E-state index contributed by atoms with van der Waals surface area (Å²) in [6, 6.07) is 0.808. The third-order valence-corrected chi connectivity index (χ3v) is 4.95. The molecule has 1 aromatic heterocycles. The van der Waals surface area contributed by atoms with Crippen LogP contribution < -0.4 is 11.1 Å². The van der Waals surface area contributed by atoms with Crippen molar-refractivity contribution < 1.29 is 18.1 Å². The number of nitrogens with zero attached hydrogens (tertiary/aromatic N) is 2. The molecule has 0 aliphatic carbocycles.